The summed E-state index contributed by atoms with van der Waals surface area (Å²) >= 11 is 0. The molecule has 0 saturated carbocycles. The number of piperazine rings is 1. The van der Waals surface area contributed by atoms with Gasteiger partial charge in [-0.05, 0) is 6.92 Å². The molecule has 0 unspecified atom stereocenters. The number of hydrogen-bond acceptors (Lipinski definition) is 3. The molecule has 1 aliphatic heterocycles. The molecular weight excluding hydrogens is 114 g/mol. The summed E-state index contributed by atoms with van der Waals surface area (Å²) in [6.07, 6.45) is 2.10. The minimum Gasteiger partial charge on any atom is -0.386 e. The second kappa shape index (κ2) is 4.35. The first kappa shape index (κ1) is 8.46. The Labute approximate surface area is 56.1 Å². The van der Waals surface area contributed by atoms with E-state index in [1.165, 1.54) is 5.70 Å². The monoisotopic (exact) mass is 129 g/mol. The predicted octanol–water partition coefficient (Wildman–Crippen LogP) is 0.245. The average Bonchev–Trinajstić information content (AvgIpc) is 1.90. The molecule has 1 fully saturated rings. The minimum atomic E-state index is 0. The van der Waals surface area contributed by atoms with Crippen LogP contribution in [0.5, 0.6) is 0 Å². The standard InChI is InChI=1S/C6H12N2.H3N/c1-2-6-5-7-3-4-8-6;/h2,7-8H,3-5H2,1H3;1H3. The van der Waals surface area contributed by atoms with Gasteiger partial charge >= 0.3 is 0 Å². The predicted molar refractivity (Wildman–Crippen MR) is 39.7 cm³/mol. The first-order chi connectivity index (χ1) is 3.93. The first-order valence-corrected chi connectivity index (χ1v) is 3.03. The van der Waals surface area contributed by atoms with Crippen molar-refractivity contribution in [2.75, 3.05) is 19.6 Å². The molecule has 5 N–H and O–H groups in total. The van der Waals surface area contributed by atoms with Crippen molar-refractivity contribution in [3.63, 3.8) is 0 Å². The van der Waals surface area contributed by atoms with E-state index < -0.39 is 0 Å². The molecule has 3 heteroatoms. The van der Waals surface area contributed by atoms with Crippen LogP contribution in [-0.2, 0) is 0 Å². The van der Waals surface area contributed by atoms with Crippen LogP contribution in [0.4, 0.5) is 0 Å². The van der Waals surface area contributed by atoms with Gasteiger partial charge < -0.3 is 16.8 Å². The van der Waals surface area contributed by atoms with Gasteiger partial charge in [0.25, 0.3) is 0 Å². The van der Waals surface area contributed by atoms with Crippen molar-refractivity contribution in [3.8, 4) is 0 Å². The Bertz CT molecular complexity index is 90.5. The maximum absolute atomic E-state index is 3.27. The molecule has 1 heterocycles. The molecule has 9 heavy (non-hydrogen) atoms. The van der Waals surface area contributed by atoms with Crippen molar-refractivity contribution in [1.82, 2.24) is 16.8 Å². The van der Waals surface area contributed by atoms with Crippen molar-refractivity contribution >= 4 is 0 Å². The molecule has 0 spiro atoms. The first-order valence-electron chi connectivity index (χ1n) is 3.03. The second-order valence-electron chi connectivity index (χ2n) is 1.92. The van der Waals surface area contributed by atoms with Crippen LogP contribution in [-0.4, -0.2) is 19.6 Å². The lowest BCUT2D eigenvalue weighted by Crippen LogP contribution is -2.37. The summed E-state index contributed by atoms with van der Waals surface area (Å²) < 4.78 is 0. The minimum absolute atomic E-state index is 0. The molecule has 0 aromatic heterocycles. The maximum atomic E-state index is 3.27. The Hall–Kier alpha value is -0.540. The molecule has 0 aromatic rings. The van der Waals surface area contributed by atoms with E-state index in [-0.39, 0.29) is 6.15 Å². The van der Waals surface area contributed by atoms with Gasteiger partial charge in [-0.2, -0.15) is 0 Å². The van der Waals surface area contributed by atoms with E-state index in [4.69, 9.17) is 0 Å². The van der Waals surface area contributed by atoms with Crippen LogP contribution in [0.1, 0.15) is 6.92 Å². The van der Waals surface area contributed by atoms with E-state index in [2.05, 4.69) is 23.6 Å². The van der Waals surface area contributed by atoms with E-state index in [1.807, 2.05) is 0 Å². The summed E-state index contributed by atoms with van der Waals surface area (Å²) in [7, 11) is 0. The van der Waals surface area contributed by atoms with Crippen LogP contribution in [0.15, 0.2) is 11.8 Å². The Morgan fingerprint density at radius 1 is 1.44 bits per heavy atom. The lowest BCUT2D eigenvalue weighted by Gasteiger charge is -2.17. The van der Waals surface area contributed by atoms with Gasteiger partial charge in [0, 0.05) is 25.3 Å². The number of rotatable bonds is 0. The molecule has 0 bridgehead atoms. The van der Waals surface area contributed by atoms with Crippen molar-refractivity contribution in [3.05, 3.63) is 11.8 Å². The van der Waals surface area contributed by atoms with Gasteiger partial charge in [0.2, 0.25) is 0 Å². The highest BCUT2D eigenvalue weighted by atomic mass is 15.0. The van der Waals surface area contributed by atoms with Gasteiger partial charge in [0.1, 0.15) is 0 Å². The van der Waals surface area contributed by atoms with Crippen LogP contribution in [0, 0.1) is 0 Å². The Morgan fingerprint density at radius 2 is 2.22 bits per heavy atom. The number of hydrogen-bond donors (Lipinski definition) is 3. The van der Waals surface area contributed by atoms with Gasteiger partial charge in [-0.3, -0.25) is 0 Å². The average molecular weight is 129 g/mol. The van der Waals surface area contributed by atoms with Crippen LogP contribution in [0.2, 0.25) is 0 Å². The van der Waals surface area contributed by atoms with E-state index >= 15 is 0 Å². The van der Waals surface area contributed by atoms with E-state index in [0.29, 0.717) is 0 Å². The third kappa shape index (κ3) is 2.49. The van der Waals surface area contributed by atoms with Crippen LogP contribution in [0.3, 0.4) is 0 Å². The summed E-state index contributed by atoms with van der Waals surface area (Å²) in [6.45, 7) is 5.23. The van der Waals surface area contributed by atoms with Gasteiger partial charge in [-0.1, -0.05) is 6.08 Å². The lowest BCUT2D eigenvalue weighted by molar-refractivity contribution is 0.597. The Morgan fingerprint density at radius 3 is 2.56 bits per heavy atom. The summed E-state index contributed by atoms with van der Waals surface area (Å²) in [5, 5.41) is 6.52. The summed E-state index contributed by atoms with van der Waals surface area (Å²) in [5.41, 5.74) is 1.32. The molecule has 54 valence electrons. The zero-order valence-electron chi connectivity index (χ0n) is 5.91. The third-order valence-corrected chi connectivity index (χ3v) is 1.32. The lowest BCUT2D eigenvalue weighted by atomic mass is 10.3. The highest BCUT2D eigenvalue weighted by Gasteiger charge is 1.98. The summed E-state index contributed by atoms with van der Waals surface area (Å²) in [5.74, 6) is 0. The summed E-state index contributed by atoms with van der Waals surface area (Å²) in [4.78, 5) is 0. The van der Waals surface area contributed by atoms with Crippen molar-refractivity contribution in [1.29, 1.82) is 0 Å². The molecule has 1 rings (SSSR count). The molecule has 0 radical (unpaired) electrons. The van der Waals surface area contributed by atoms with Crippen molar-refractivity contribution in [2.45, 2.75) is 6.92 Å². The topological polar surface area (TPSA) is 59.1 Å². The second-order valence-corrected chi connectivity index (χ2v) is 1.92. The zero-order chi connectivity index (χ0) is 5.82. The molecule has 0 atom stereocenters. The van der Waals surface area contributed by atoms with Gasteiger partial charge in [0.05, 0.1) is 0 Å². The van der Waals surface area contributed by atoms with E-state index in [9.17, 15) is 0 Å². The largest absolute Gasteiger partial charge is 0.386 e. The van der Waals surface area contributed by atoms with E-state index in [0.717, 1.165) is 19.6 Å². The van der Waals surface area contributed by atoms with Gasteiger partial charge in [-0.25, -0.2) is 0 Å². The maximum Gasteiger partial charge on any atom is 0.0351 e. The number of nitrogens with one attached hydrogen (secondary N) is 2. The molecule has 1 aliphatic rings. The highest BCUT2D eigenvalue weighted by molar-refractivity contribution is 5.02. The third-order valence-electron chi connectivity index (χ3n) is 1.32. The molecular formula is C6H15N3. The quantitative estimate of drug-likeness (QED) is 0.439. The van der Waals surface area contributed by atoms with Crippen LogP contribution in [0.25, 0.3) is 0 Å². The van der Waals surface area contributed by atoms with Gasteiger partial charge in [0.15, 0.2) is 0 Å². The van der Waals surface area contributed by atoms with Crippen LogP contribution < -0.4 is 16.8 Å². The van der Waals surface area contributed by atoms with Crippen molar-refractivity contribution < 1.29 is 0 Å². The highest BCUT2D eigenvalue weighted by Crippen LogP contribution is 1.88. The molecule has 0 aliphatic carbocycles. The molecule has 0 amide bonds. The fourth-order valence-corrected chi connectivity index (χ4v) is 0.801. The molecule has 0 aromatic carbocycles. The zero-order valence-corrected chi connectivity index (χ0v) is 5.91. The Balaban J connectivity index is 0.000000640. The number of allylic oxidation sites excluding steroid dienone is 1. The smallest absolute Gasteiger partial charge is 0.0351 e. The SMILES string of the molecule is CC=C1CNCCN1.N. The molecule has 1 saturated heterocycles. The fraction of sp³-hybridized carbons (Fsp3) is 0.667. The van der Waals surface area contributed by atoms with Crippen molar-refractivity contribution in [2.24, 2.45) is 0 Å². The van der Waals surface area contributed by atoms with Crippen LogP contribution >= 0.6 is 0 Å². The molecule has 3 nitrogen and oxygen atoms in total. The van der Waals surface area contributed by atoms with Gasteiger partial charge in [-0.15, -0.1) is 0 Å². The summed E-state index contributed by atoms with van der Waals surface area (Å²) in [6, 6.07) is 0. The fourth-order valence-electron chi connectivity index (χ4n) is 0.801. The Kier molecular flexibility index (Phi) is 4.09. The normalized spacial score (nSPS) is 22.6. The van der Waals surface area contributed by atoms with E-state index in [1.54, 1.807) is 0 Å².